The number of fused-ring (bicyclic) bond motifs is 1. The van der Waals surface area contributed by atoms with E-state index in [2.05, 4.69) is 31.2 Å². The molecule has 0 aliphatic carbocycles. The predicted octanol–water partition coefficient (Wildman–Crippen LogP) is 3.45. The summed E-state index contributed by atoms with van der Waals surface area (Å²) in [6, 6.07) is 15.7. The summed E-state index contributed by atoms with van der Waals surface area (Å²) >= 11 is 0. The molecule has 1 N–H and O–H groups in total. The molecule has 5 rings (SSSR count). The molecular formula is C23H21FN6O. The molecule has 1 amide bonds. The van der Waals surface area contributed by atoms with E-state index in [9.17, 15) is 9.18 Å². The molecule has 0 atom stereocenters. The highest BCUT2D eigenvalue weighted by Crippen LogP contribution is 2.23. The van der Waals surface area contributed by atoms with Crippen LogP contribution in [-0.4, -0.2) is 46.5 Å². The van der Waals surface area contributed by atoms with Crippen molar-refractivity contribution < 1.29 is 9.18 Å². The molecule has 1 fully saturated rings. The van der Waals surface area contributed by atoms with Gasteiger partial charge in [-0.25, -0.2) is 14.4 Å². The highest BCUT2D eigenvalue weighted by atomic mass is 19.1. The fraction of sp³-hybridized carbons (Fsp3) is 0.174. The number of amides is 1. The summed E-state index contributed by atoms with van der Waals surface area (Å²) in [5, 5.41) is 2.64. The molecule has 0 saturated carbocycles. The summed E-state index contributed by atoms with van der Waals surface area (Å²) in [4.78, 5) is 25.8. The number of para-hydroxylation sites is 1. The minimum Gasteiger partial charge on any atom is -0.354 e. The minimum absolute atomic E-state index is 0.166. The van der Waals surface area contributed by atoms with Crippen LogP contribution in [0, 0.1) is 5.82 Å². The summed E-state index contributed by atoms with van der Waals surface area (Å²) in [5.74, 6) is 0.954. The third-order valence-corrected chi connectivity index (χ3v) is 5.45. The second-order valence-electron chi connectivity index (χ2n) is 7.36. The fourth-order valence-corrected chi connectivity index (χ4v) is 3.83. The van der Waals surface area contributed by atoms with Crippen LogP contribution in [0.5, 0.6) is 0 Å². The van der Waals surface area contributed by atoms with Crippen LogP contribution < -0.4 is 15.1 Å². The van der Waals surface area contributed by atoms with E-state index in [1.807, 2.05) is 22.6 Å². The largest absolute Gasteiger partial charge is 0.354 e. The molecule has 0 bridgehead atoms. The number of halogens is 1. The Morgan fingerprint density at radius 1 is 0.871 bits per heavy atom. The maximum Gasteiger partial charge on any atom is 0.257 e. The number of nitrogens with one attached hydrogen (secondary N) is 1. The average Bonchev–Trinajstić information content (AvgIpc) is 3.24. The number of nitrogens with zero attached hydrogens (tertiary/aromatic N) is 5. The second-order valence-corrected chi connectivity index (χ2v) is 7.36. The molecule has 0 spiro atoms. The van der Waals surface area contributed by atoms with Crippen LogP contribution in [0.4, 0.5) is 21.8 Å². The lowest BCUT2D eigenvalue weighted by molar-refractivity contribution is 0.102. The van der Waals surface area contributed by atoms with E-state index >= 15 is 0 Å². The number of piperazine rings is 1. The van der Waals surface area contributed by atoms with Gasteiger partial charge in [0.05, 0.1) is 11.3 Å². The zero-order valence-corrected chi connectivity index (χ0v) is 16.8. The van der Waals surface area contributed by atoms with Gasteiger partial charge in [-0.2, -0.15) is 0 Å². The zero-order valence-electron chi connectivity index (χ0n) is 16.8. The van der Waals surface area contributed by atoms with E-state index in [1.165, 1.54) is 6.07 Å². The molecule has 1 saturated heterocycles. The van der Waals surface area contributed by atoms with Gasteiger partial charge in [0.15, 0.2) is 0 Å². The van der Waals surface area contributed by atoms with Gasteiger partial charge in [-0.05, 0) is 42.5 Å². The van der Waals surface area contributed by atoms with Gasteiger partial charge in [0.2, 0.25) is 5.95 Å². The maximum atomic E-state index is 13.9. The monoisotopic (exact) mass is 416 g/mol. The van der Waals surface area contributed by atoms with Crippen LogP contribution in [-0.2, 0) is 0 Å². The summed E-state index contributed by atoms with van der Waals surface area (Å²) in [7, 11) is 0. The first-order valence-corrected chi connectivity index (χ1v) is 10.1. The Morgan fingerprint density at radius 2 is 1.58 bits per heavy atom. The van der Waals surface area contributed by atoms with Crippen LogP contribution >= 0.6 is 0 Å². The van der Waals surface area contributed by atoms with Crippen molar-refractivity contribution in [2.45, 2.75) is 0 Å². The first kappa shape index (κ1) is 19.0. The third kappa shape index (κ3) is 3.79. The van der Waals surface area contributed by atoms with Crippen molar-refractivity contribution in [1.82, 2.24) is 14.4 Å². The Bertz CT molecular complexity index is 1220. The number of carbonyl (C=O) groups excluding carboxylic acids is 1. The molecule has 3 aromatic heterocycles. The van der Waals surface area contributed by atoms with Crippen molar-refractivity contribution in [1.29, 1.82) is 0 Å². The summed E-state index contributed by atoms with van der Waals surface area (Å²) in [6.45, 7) is 3.25. The van der Waals surface area contributed by atoms with Crippen LogP contribution in [0.15, 0.2) is 73.2 Å². The Morgan fingerprint density at radius 3 is 2.35 bits per heavy atom. The first-order valence-electron chi connectivity index (χ1n) is 10.1. The molecule has 1 aliphatic heterocycles. The van der Waals surface area contributed by atoms with Crippen molar-refractivity contribution >= 4 is 28.9 Å². The van der Waals surface area contributed by atoms with Crippen LogP contribution in [0.3, 0.4) is 0 Å². The fourth-order valence-electron chi connectivity index (χ4n) is 3.83. The molecular weight excluding hydrogens is 395 g/mol. The summed E-state index contributed by atoms with van der Waals surface area (Å²) in [6.07, 6.45) is 5.31. The summed E-state index contributed by atoms with van der Waals surface area (Å²) in [5.41, 5.74) is 1.62. The molecule has 31 heavy (non-hydrogen) atoms. The number of benzene rings is 1. The number of aromatic nitrogens is 3. The molecule has 1 aromatic carbocycles. The molecule has 156 valence electrons. The molecule has 4 aromatic rings. The Balaban J connectivity index is 1.35. The predicted molar refractivity (Wildman–Crippen MR) is 118 cm³/mol. The van der Waals surface area contributed by atoms with E-state index in [0.717, 1.165) is 43.5 Å². The molecule has 7 nitrogen and oxygen atoms in total. The van der Waals surface area contributed by atoms with Crippen molar-refractivity contribution in [3.05, 3.63) is 84.6 Å². The van der Waals surface area contributed by atoms with Crippen LogP contribution in [0.1, 0.15) is 10.4 Å². The number of hydrogen-bond donors (Lipinski definition) is 1. The van der Waals surface area contributed by atoms with Crippen molar-refractivity contribution in [3.63, 3.8) is 0 Å². The lowest BCUT2D eigenvalue weighted by Crippen LogP contribution is -2.47. The first-order chi connectivity index (χ1) is 15.2. The topological polar surface area (TPSA) is 65.8 Å². The normalized spacial score (nSPS) is 14.1. The SMILES string of the molecule is O=C(Nc1ccccc1F)c1ccc2ccc(N3CCN(c4ncccn4)CC3)n2c1. The molecule has 1 aliphatic rings. The van der Waals surface area contributed by atoms with E-state index in [1.54, 1.807) is 42.9 Å². The van der Waals surface area contributed by atoms with E-state index in [0.29, 0.717) is 5.56 Å². The van der Waals surface area contributed by atoms with Crippen LogP contribution in [0.25, 0.3) is 5.52 Å². The zero-order chi connectivity index (χ0) is 21.2. The van der Waals surface area contributed by atoms with Gasteiger partial charge in [0.25, 0.3) is 5.91 Å². The van der Waals surface area contributed by atoms with Gasteiger partial charge >= 0.3 is 0 Å². The Hall–Kier alpha value is -3.94. The van der Waals surface area contributed by atoms with Crippen molar-refractivity contribution in [2.24, 2.45) is 0 Å². The molecule has 4 heterocycles. The van der Waals surface area contributed by atoms with E-state index < -0.39 is 5.82 Å². The standard InChI is InChI=1S/C23H21FN6O/c24-19-4-1-2-5-20(19)27-22(31)17-6-7-18-8-9-21(30(18)16-17)28-12-14-29(15-13-28)23-25-10-3-11-26-23/h1-11,16H,12-15H2,(H,27,31). The lowest BCUT2D eigenvalue weighted by atomic mass is 10.2. The van der Waals surface area contributed by atoms with Gasteiger partial charge in [-0.3, -0.25) is 4.79 Å². The lowest BCUT2D eigenvalue weighted by Gasteiger charge is -2.35. The number of carbonyl (C=O) groups is 1. The number of hydrogen-bond acceptors (Lipinski definition) is 5. The third-order valence-electron chi connectivity index (χ3n) is 5.45. The van der Waals surface area contributed by atoms with Gasteiger partial charge in [0.1, 0.15) is 11.6 Å². The quantitative estimate of drug-likeness (QED) is 0.552. The van der Waals surface area contributed by atoms with E-state index in [-0.39, 0.29) is 11.6 Å². The average molecular weight is 416 g/mol. The number of anilines is 3. The maximum absolute atomic E-state index is 13.9. The molecule has 0 unspecified atom stereocenters. The second kappa shape index (κ2) is 8.06. The Kier molecular flexibility index (Phi) is 4.95. The van der Waals surface area contributed by atoms with E-state index in [4.69, 9.17) is 0 Å². The van der Waals surface area contributed by atoms with Crippen LogP contribution in [0.2, 0.25) is 0 Å². The van der Waals surface area contributed by atoms with Crippen molar-refractivity contribution in [3.8, 4) is 0 Å². The van der Waals surface area contributed by atoms with Gasteiger partial charge < -0.3 is 19.5 Å². The van der Waals surface area contributed by atoms with Gasteiger partial charge in [-0.15, -0.1) is 0 Å². The minimum atomic E-state index is -0.459. The number of rotatable bonds is 4. The molecule has 0 radical (unpaired) electrons. The smallest absolute Gasteiger partial charge is 0.257 e. The highest BCUT2D eigenvalue weighted by molar-refractivity contribution is 6.04. The summed E-state index contributed by atoms with van der Waals surface area (Å²) < 4.78 is 15.9. The van der Waals surface area contributed by atoms with Crippen molar-refractivity contribution in [2.75, 3.05) is 41.3 Å². The van der Waals surface area contributed by atoms with Gasteiger partial charge in [-0.1, -0.05) is 12.1 Å². The highest BCUT2D eigenvalue weighted by Gasteiger charge is 2.21. The number of pyridine rings is 1. The van der Waals surface area contributed by atoms with Gasteiger partial charge in [0, 0.05) is 50.3 Å². The Labute approximate surface area is 178 Å². The molecule has 8 heteroatoms.